The lowest BCUT2D eigenvalue weighted by Gasteiger charge is -2.34. The molecule has 0 N–H and O–H groups in total. The third kappa shape index (κ3) is 4.58. The molecule has 0 saturated carbocycles. The smallest absolute Gasteiger partial charge is 0.336 e. The maximum absolute atomic E-state index is 13.1. The van der Waals surface area contributed by atoms with Crippen LogP contribution in [0.3, 0.4) is 0 Å². The summed E-state index contributed by atoms with van der Waals surface area (Å²) >= 11 is 0. The number of benzene rings is 2. The van der Waals surface area contributed by atoms with Gasteiger partial charge in [-0.3, -0.25) is 0 Å². The summed E-state index contributed by atoms with van der Waals surface area (Å²) in [7, 11) is 0. The number of rotatable bonds is 7. The van der Waals surface area contributed by atoms with E-state index in [9.17, 15) is 9.59 Å². The highest BCUT2D eigenvalue weighted by atomic mass is 16.7. The maximum atomic E-state index is 13.1. The third-order valence-electron chi connectivity index (χ3n) is 5.68. The van der Waals surface area contributed by atoms with Gasteiger partial charge in [-0.2, -0.15) is 0 Å². The van der Waals surface area contributed by atoms with Crippen LogP contribution < -0.4 is 9.47 Å². The average molecular weight is 450 g/mol. The Balaban J connectivity index is 1.82. The molecule has 0 unspecified atom stereocenters. The van der Waals surface area contributed by atoms with Gasteiger partial charge < -0.3 is 23.8 Å². The molecule has 2 aliphatic rings. The van der Waals surface area contributed by atoms with Crippen LogP contribution in [0.25, 0.3) is 0 Å². The lowest BCUT2D eigenvalue weighted by molar-refractivity contribution is -0.139. The zero-order chi connectivity index (χ0) is 23.4. The molecule has 7 heteroatoms. The van der Waals surface area contributed by atoms with Crippen molar-refractivity contribution in [2.24, 2.45) is 0 Å². The van der Waals surface area contributed by atoms with Crippen molar-refractivity contribution in [3.63, 3.8) is 0 Å². The van der Waals surface area contributed by atoms with Crippen LogP contribution in [-0.4, -0.2) is 36.8 Å². The van der Waals surface area contributed by atoms with E-state index in [2.05, 4.69) is 0 Å². The van der Waals surface area contributed by atoms with Crippen LogP contribution in [-0.2, 0) is 19.1 Å². The Bertz CT molecular complexity index is 1060. The van der Waals surface area contributed by atoms with Crippen molar-refractivity contribution in [3.8, 4) is 11.5 Å². The Morgan fingerprint density at radius 2 is 1.55 bits per heavy atom. The molecule has 0 fully saturated rings. The first kappa shape index (κ1) is 22.5. The van der Waals surface area contributed by atoms with E-state index in [1.54, 1.807) is 38.4 Å². The molecule has 2 aromatic rings. The number of nitrogens with zero attached hydrogens (tertiary/aromatic N) is 1. The molecule has 4 rings (SSSR count). The largest absolute Gasteiger partial charge is 0.463 e. The standard InChI is InChI=1S/C26H27NO6/c1-4-30-25(28)20-14-27(17(3)18-9-7-6-8-10-18)15-21(26(29)31-5-2)24(20)19-11-12-22-23(13-19)33-16-32-22/h6-15,17,24H,4-5,16H2,1-3H3/t17-/m0/s1. The quantitative estimate of drug-likeness (QED) is 0.578. The minimum atomic E-state index is -0.670. The summed E-state index contributed by atoms with van der Waals surface area (Å²) < 4.78 is 21.7. The summed E-state index contributed by atoms with van der Waals surface area (Å²) in [5, 5.41) is 0. The second-order valence-corrected chi connectivity index (χ2v) is 7.69. The van der Waals surface area contributed by atoms with Crippen molar-refractivity contribution < 1.29 is 28.5 Å². The van der Waals surface area contributed by atoms with Crippen LogP contribution in [0.1, 0.15) is 43.9 Å². The molecule has 2 aliphatic heterocycles. The Hall–Kier alpha value is -3.74. The zero-order valence-corrected chi connectivity index (χ0v) is 18.9. The van der Waals surface area contributed by atoms with Crippen molar-refractivity contribution in [1.29, 1.82) is 0 Å². The summed E-state index contributed by atoms with van der Waals surface area (Å²) in [5.41, 5.74) is 2.45. The van der Waals surface area contributed by atoms with Crippen molar-refractivity contribution in [3.05, 3.63) is 83.2 Å². The van der Waals surface area contributed by atoms with Crippen molar-refractivity contribution in [2.45, 2.75) is 32.7 Å². The molecule has 2 heterocycles. The van der Waals surface area contributed by atoms with Crippen LogP contribution in [0.5, 0.6) is 11.5 Å². The number of carbonyl (C=O) groups is 2. The number of carbonyl (C=O) groups excluding carboxylic acids is 2. The Kier molecular flexibility index (Phi) is 6.68. The van der Waals surface area contributed by atoms with Gasteiger partial charge in [-0.1, -0.05) is 36.4 Å². The van der Waals surface area contributed by atoms with E-state index in [0.29, 0.717) is 28.2 Å². The first-order chi connectivity index (χ1) is 16.0. The van der Waals surface area contributed by atoms with E-state index in [-0.39, 0.29) is 26.0 Å². The molecule has 0 bridgehead atoms. The topological polar surface area (TPSA) is 74.3 Å². The summed E-state index contributed by atoms with van der Waals surface area (Å²) in [6, 6.07) is 15.1. The van der Waals surface area contributed by atoms with Gasteiger partial charge in [0.15, 0.2) is 11.5 Å². The molecule has 0 aromatic heterocycles. The van der Waals surface area contributed by atoms with Crippen LogP contribution in [0.4, 0.5) is 0 Å². The molecule has 7 nitrogen and oxygen atoms in total. The van der Waals surface area contributed by atoms with Crippen molar-refractivity contribution in [2.75, 3.05) is 20.0 Å². The first-order valence-electron chi connectivity index (χ1n) is 11.0. The molecular formula is C26H27NO6. The van der Waals surface area contributed by atoms with E-state index >= 15 is 0 Å². The zero-order valence-electron chi connectivity index (χ0n) is 18.9. The van der Waals surface area contributed by atoms with Gasteiger partial charge in [-0.15, -0.1) is 0 Å². The summed E-state index contributed by atoms with van der Waals surface area (Å²) in [6.07, 6.45) is 3.52. The van der Waals surface area contributed by atoms with E-state index < -0.39 is 17.9 Å². The van der Waals surface area contributed by atoms with Crippen LogP contribution >= 0.6 is 0 Å². The van der Waals surface area contributed by atoms with Gasteiger partial charge in [-0.05, 0) is 44.0 Å². The molecule has 0 radical (unpaired) electrons. The Morgan fingerprint density at radius 3 is 2.15 bits per heavy atom. The Morgan fingerprint density at radius 1 is 0.939 bits per heavy atom. The summed E-state index contributed by atoms with van der Waals surface area (Å²) in [6.45, 7) is 6.09. The van der Waals surface area contributed by atoms with Crippen molar-refractivity contribution >= 4 is 11.9 Å². The monoisotopic (exact) mass is 449 g/mol. The van der Waals surface area contributed by atoms with Crippen LogP contribution in [0, 0.1) is 0 Å². The number of hydrogen-bond acceptors (Lipinski definition) is 7. The highest BCUT2D eigenvalue weighted by Gasteiger charge is 2.37. The van der Waals surface area contributed by atoms with Gasteiger partial charge in [0.05, 0.1) is 36.3 Å². The molecular weight excluding hydrogens is 422 g/mol. The molecule has 172 valence electrons. The third-order valence-corrected chi connectivity index (χ3v) is 5.68. The fourth-order valence-corrected chi connectivity index (χ4v) is 4.02. The van der Waals surface area contributed by atoms with E-state index in [0.717, 1.165) is 5.56 Å². The second kappa shape index (κ2) is 9.81. The van der Waals surface area contributed by atoms with Crippen LogP contribution in [0.15, 0.2) is 72.1 Å². The van der Waals surface area contributed by atoms with Gasteiger partial charge in [0.1, 0.15) is 0 Å². The Labute approximate surface area is 193 Å². The van der Waals surface area contributed by atoms with Gasteiger partial charge in [-0.25, -0.2) is 9.59 Å². The van der Waals surface area contributed by atoms with E-state index in [4.69, 9.17) is 18.9 Å². The number of hydrogen-bond donors (Lipinski definition) is 0. The van der Waals surface area contributed by atoms with Gasteiger partial charge in [0.2, 0.25) is 6.79 Å². The number of esters is 2. The van der Waals surface area contributed by atoms with Gasteiger partial charge in [0, 0.05) is 12.4 Å². The highest BCUT2D eigenvalue weighted by molar-refractivity contribution is 5.98. The van der Waals surface area contributed by atoms with Gasteiger partial charge >= 0.3 is 11.9 Å². The highest BCUT2D eigenvalue weighted by Crippen LogP contribution is 2.43. The van der Waals surface area contributed by atoms with Gasteiger partial charge in [0.25, 0.3) is 0 Å². The second-order valence-electron chi connectivity index (χ2n) is 7.69. The van der Waals surface area contributed by atoms with Crippen molar-refractivity contribution in [1.82, 2.24) is 4.90 Å². The van der Waals surface area contributed by atoms with Crippen LogP contribution in [0.2, 0.25) is 0 Å². The summed E-state index contributed by atoms with van der Waals surface area (Å²) in [4.78, 5) is 28.0. The number of ether oxygens (including phenoxy) is 4. The fourth-order valence-electron chi connectivity index (χ4n) is 4.02. The molecule has 0 amide bonds. The number of fused-ring (bicyclic) bond motifs is 1. The predicted octanol–water partition coefficient (Wildman–Crippen LogP) is 4.47. The van der Waals surface area contributed by atoms with E-state index in [1.807, 2.05) is 48.2 Å². The molecule has 0 spiro atoms. The fraction of sp³-hybridized carbons (Fsp3) is 0.308. The lowest BCUT2D eigenvalue weighted by Crippen LogP contribution is -2.30. The minimum Gasteiger partial charge on any atom is -0.463 e. The average Bonchev–Trinajstić information content (AvgIpc) is 3.31. The SMILES string of the molecule is CCOC(=O)C1=CN([C@@H](C)c2ccccc2)C=C(C(=O)OCC)C1c1ccc2c(c1)OCO2. The first-order valence-corrected chi connectivity index (χ1v) is 11.0. The maximum Gasteiger partial charge on any atom is 0.336 e. The van der Waals surface area contributed by atoms with E-state index in [1.165, 1.54) is 0 Å². The lowest BCUT2D eigenvalue weighted by atomic mass is 9.82. The minimum absolute atomic E-state index is 0.127. The molecule has 1 atom stereocenters. The summed E-state index contributed by atoms with van der Waals surface area (Å²) in [5.74, 6) is -0.450. The molecule has 33 heavy (non-hydrogen) atoms. The molecule has 2 aromatic carbocycles. The predicted molar refractivity (Wildman–Crippen MR) is 121 cm³/mol. The molecule has 0 aliphatic carbocycles. The molecule has 0 saturated heterocycles. The normalized spacial score (nSPS) is 16.0.